The monoisotopic (exact) mass is 277 g/mol. The Hall–Kier alpha value is -0.900. The second-order valence-corrected chi connectivity index (χ2v) is 6.37. The van der Waals surface area contributed by atoms with Gasteiger partial charge >= 0.3 is 0 Å². The minimum atomic E-state index is -0.421. The number of benzene rings is 1. The summed E-state index contributed by atoms with van der Waals surface area (Å²) < 4.78 is 5.61. The Kier molecular flexibility index (Phi) is 4.84. The molecule has 1 aliphatic heterocycles. The number of nitrogens with zero attached hydrogens (tertiary/aromatic N) is 1. The van der Waals surface area contributed by atoms with Crippen LogP contribution in [0.25, 0.3) is 0 Å². The number of hydrogen-bond donors (Lipinski definition) is 1. The van der Waals surface area contributed by atoms with Gasteiger partial charge in [0.25, 0.3) is 0 Å². The molecule has 1 N–H and O–H groups in total. The Morgan fingerprint density at radius 1 is 1.40 bits per heavy atom. The molecule has 1 heterocycles. The first-order valence-corrected chi connectivity index (χ1v) is 7.46. The van der Waals surface area contributed by atoms with Crippen LogP contribution in [0.3, 0.4) is 0 Å². The first-order valence-electron chi connectivity index (χ1n) is 7.46. The fourth-order valence-corrected chi connectivity index (χ4v) is 3.17. The molecule has 1 saturated heterocycles. The lowest BCUT2D eigenvalue weighted by molar-refractivity contribution is -0.0587. The topological polar surface area (TPSA) is 32.7 Å². The van der Waals surface area contributed by atoms with Gasteiger partial charge in [-0.05, 0) is 51.3 Å². The number of methoxy groups -OCH3 is 1. The van der Waals surface area contributed by atoms with E-state index in [1.54, 1.807) is 7.11 Å². The molecule has 0 aliphatic carbocycles. The second kappa shape index (κ2) is 6.25. The third-order valence-corrected chi connectivity index (χ3v) is 4.45. The zero-order valence-corrected chi connectivity index (χ0v) is 13.1. The van der Waals surface area contributed by atoms with Crippen molar-refractivity contribution in [3.63, 3.8) is 0 Å². The number of aryl methyl sites for hydroxylation is 2. The van der Waals surface area contributed by atoms with Crippen LogP contribution in [0.4, 0.5) is 0 Å². The summed E-state index contributed by atoms with van der Waals surface area (Å²) >= 11 is 0. The fraction of sp³-hybridized carbons (Fsp3) is 0.647. The molecule has 0 bridgehead atoms. The molecule has 1 aliphatic rings. The first-order chi connectivity index (χ1) is 9.43. The third kappa shape index (κ3) is 3.60. The van der Waals surface area contributed by atoms with Crippen molar-refractivity contribution < 1.29 is 9.84 Å². The lowest BCUT2D eigenvalue weighted by Crippen LogP contribution is -2.48. The summed E-state index contributed by atoms with van der Waals surface area (Å²) in [6.07, 6.45) is 1.80. The van der Waals surface area contributed by atoms with Crippen molar-refractivity contribution in [1.82, 2.24) is 4.90 Å². The number of ether oxygens (including phenoxy) is 1. The maximum absolute atomic E-state index is 10.5. The van der Waals surface area contributed by atoms with Gasteiger partial charge in [-0.2, -0.15) is 0 Å². The van der Waals surface area contributed by atoms with Crippen molar-refractivity contribution in [2.45, 2.75) is 45.3 Å². The molecular formula is C17H27NO2. The van der Waals surface area contributed by atoms with Gasteiger partial charge in [-0.3, -0.25) is 4.90 Å². The van der Waals surface area contributed by atoms with E-state index < -0.39 is 6.10 Å². The molecule has 2 atom stereocenters. The van der Waals surface area contributed by atoms with Crippen molar-refractivity contribution in [1.29, 1.82) is 0 Å². The predicted octanol–water partition coefficient (Wildman–Crippen LogP) is 2.84. The number of likely N-dealkylation sites (tertiary alicyclic amines) is 1. The Labute approximate surface area is 122 Å². The Morgan fingerprint density at radius 2 is 2.15 bits per heavy atom. The second-order valence-electron chi connectivity index (χ2n) is 6.37. The molecule has 3 heteroatoms. The third-order valence-electron chi connectivity index (χ3n) is 4.45. The van der Waals surface area contributed by atoms with Gasteiger partial charge in [0, 0.05) is 20.2 Å². The quantitative estimate of drug-likeness (QED) is 0.918. The van der Waals surface area contributed by atoms with Gasteiger partial charge in [0.1, 0.15) is 0 Å². The summed E-state index contributed by atoms with van der Waals surface area (Å²) in [6.45, 7) is 8.93. The molecule has 2 unspecified atom stereocenters. The zero-order chi connectivity index (χ0) is 14.8. The van der Waals surface area contributed by atoms with Crippen LogP contribution in [-0.2, 0) is 4.74 Å². The number of piperidine rings is 1. The summed E-state index contributed by atoms with van der Waals surface area (Å²) in [4.78, 5) is 2.32. The van der Waals surface area contributed by atoms with Gasteiger partial charge < -0.3 is 9.84 Å². The standard InChI is InChI=1S/C17H27NO2/c1-13-6-7-15(14(2)10-13)16(19)11-18-9-5-8-17(3,12-18)20-4/h6-7,10,16,19H,5,8-9,11-12H2,1-4H3. The van der Waals surface area contributed by atoms with Gasteiger partial charge in [-0.25, -0.2) is 0 Å². The summed E-state index contributed by atoms with van der Waals surface area (Å²) in [6, 6.07) is 6.25. The van der Waals surface area contributed by atoms with E-state index >= 15 is 0 Å². The first kappa shape index (κ1) is 15.5. The summed E-state index contributed by atoms with van der Waals surface area (Å²) in [5, 5.41) is 10.5. The molecule has 112 valence electrons. The van der Waals surface area contributed by atoms with Crippen LogP contribution in [0.5, 0.6) is 0 Å². The molecule has 1 aromatic rings. The average molecular weight is 277 g/mol. The molecule has 20 heavy (non-hydrogen) atoms. The molecule has 0 aromatic heterocycles. The highest BCUT2D eigenvalue weighted by molar-refractivity contribution is 5.32. The van der Waals surface area contributed by atoms with Crippen molar-refractivity contribution in [2.75, 3.05) is 26.7 Å². The van der Waals surface area contributed by atoms with E-state index in [0.29, 0.717) is 6.54 Å². The molecule has 1 aromatic carbocycles. The molecular weight excluding hydrogens is 250 g/mol. The van der Waals surface area contributed by atoms with Crippen molar-refractivity contribution in [3.05, 3.63) is 34.9 Å². The molecule has 0 spiro atoms. The van der Waals surface area contributed by atoms with Crippen LogP contribution in [-0.4, -0.2) is 42.4 Å². The summed E-state index contributed by atoms with van der Waals surface area (Å²) in [5.41, 5.74) is 3.38. The maximum atomic E-state index is 10.5. The number of rotatable bonds is 4. The number of hydrogen-bond acceptors (Lipinski definition) is 3. The maximum Gasteiger partial charge on any atom is 0.0919 e. The largest absolute Gasteiger partial charge is 0.387 e. The number of aliphatic hydroxyl groups is 1. The smallest absolute Gasteiger partial charge is 0.0919 e. The van der Waals surface area contributed by atoms with Crippen LogP contribution >= 0.6 is 0 Å². The van der Waals surface area contributed by atoms with Gasteiger partial charge in [-0.15, -0.1) is 0 Å². The summed E-state index contributed by atoms with van der Waals surface area (Å²) in [7, 11) is 1.78. The van der Waals surface area contributed by atoms with Crippen LogP contribution < -0.4 is 0 Å². The molecule has 0 saturated carbocycles. The predicted molar refractivity (Wildman–Crippen MR) is 82.0 cm³/mol. The zero-order valence-electron chi connectivity index (χ0n) is 13.1. The van der Waals surface area contributed by atoms with E-state index in [0.717, 1.165) is 31.5 Å². The van der Waals surface area contributed by atoms with Gasteiger partial charge in [-0.1, -0.05) is 23.8 Å². The van der Waals surface area contributed by atoms with Crippen LogP contribution in [0.2, 0.25) is 0 Å². The minimum absolute atomic E-state index is 0.0692. The molecule has 1 fully saturated rings. The van der Waals surface area contributed by atoms with E-state index in [9.17, 15) is 5.11 Å². The van der Waals surface area contributed by atoms with E-state index in [1.807, 2.05) is 0 Å². The minimum Gasteiger partial charge on any atom is -0.387 e. The Morgan fingerprint density at radius 3 is 2.80 bits per heavy atom. The van der Waals surface area contributed by atoms with Crippen LogP contribution in [0.1, 0.15) is 42.6 Å². The molecule has 0 radical (unpaired) electrons. The normalized spacial score (nSPS) is 25.6. The highest BCUT2D eigenvalue weighted by Gasteiger charge is 2.31. The number of aliphatic hydroxyl groups excluding tert-OH is 1. The van der Waals surface area contributed by atoms with Gasteiger partial charge in [0.05, 0.1) is 11.7 Å². The van der Waals surface area contributed by atoms with Crippen molar-refractivity contribution >= 4 is 0 Å². The van der Waals surface area contributed by atoms with E-state index in [-0.39, 0.29) is 5.60 Å². The van der Waals surface area contributed by atoms with E-state index in [4.69, 9.17) is 4.74 Å². The molecule has 2 rings (SSSR count). The molecule has 0 amide bonds. The lowest BCUT2D eigenvalue weighted by atomic mass is 9.93. The average Bonchev–Trinajstić information content (AvgIpc) is 2.38. The van der Waals surface area contributed by atoms with Crippen molar-refractivity contribution in [3.8, 4) is 0 Å². The lowest BCUT2D eigenvalue weighted by Gasteiger charge is -2.40. The number of β-amino-alcohol motifs (C(OH)–C–C–N with tert-alkyl or cyclic N) is 1. The van der Waals surface area contributed by atoms with Crippen molar-refractivity contribution in [2.24, 2.45) is 0 Å². The van der Waals surface area contributed by atoms with Gasteiger partial charge in [0.15, 0.2) is 0 Å². The Balaban J connectivity index is 2.02. The van der Waals surface area contributed by atoms with E-state index in [2.05, 4.69) is 43.9 Å². The fourth-order valence-electron chi connectivity index (χ4n) is 3.17. The molecule has 3 nitrogen and oxygen atoms in total. The van der Waals surface area contributed by atoms with Gasteiger partial charge in [0.2, 0.25) is 0 Å². The van der Waals surface area contributed by atoms with Crippen LogP contribution in [0.15, 0.2) is 18.2 Å². The van der Waals surface area contributed by atoms with Crippen LogP contribution in [0, 0.1) is 13.8 Å². The highest BCUT2D eigenvalue weighted by atomic mass is 16.5. The van der Waals surface area contributed by atoms with E-state index in [1.165, 1.54) is 11.1 Å². The SMILES string of the molecule is COC1(C)CCCN(CC(O)c2ccc(C)cc2C)C1. The highest BCUT2D eigenvalue weighted by Crippen LogP contribution is 2.26. The Bertz CT molecular complexity index is 460. The summed E-state index contributed by atoms with van der Waals surface area (Å²) in [5.74, 6) is 0.